The topological polar surface area (TPSA) is 37.4 Å². The molecule has 1 amide bonds. The van der Waals surface area contributed by atoms with E-state index in [-0.39, 0.29) is 17.6 Å². The first-order valence-electron chi connectivity index (χ1n) is 8.44. The van der Waals surface area contributed by atoms with Gasteiger partial charge in [-0.2, -0.15) is 0 Å². The predicted octanol–water partition coefficient (Wildman–Crippen LogP) is 4.31. The number of amides is 1. The Morgan fingerprint density at radius 1 is 1.17 bits per heavy atom. The summed E-state index contributed by atoms with van der Waals surface area (Å²) < 4.78 is -0.935. The molecule has 0 N–H and O–H groups in total. The van der Waals surface area contributed by atoms with E-state index in [1.54, 1.807) is 0 Å². The van der Waals surface area contributed by atoms with Crippen molar-refractivity contribution in [3.05, 3.63) is 34.9 Å². The van der Waals surface area contributed by atoms with Gasteiger partial charge in [-0.15, -0.1) is 23.2 Å². The van der Waals surface area contributed by atoms with Crippen molar-refractivity contribution in [3.8, 4) is 0 Å². The second kappa shape index (κ2) is 6.03. The van der Waals surface area contributed by atoms with Crippen molar-refractivity contribution < 1.29 is 9.59 Å². The lowest BCUT2D eigenvalue weighted by Crippen LogP contribution is -2.44. The first-order valence-corrected chi connectivity index (χ1v) is 9.20. The highest BCUT2D eigenvalue weighted by atomic mass is 35.5. The van der Waals surface area contributed by atoms with Gasteiger partial charge in [0.1, 0.15) is 4.33 Å². The molecule has 2 fully saturated rings. The Morgan fingerprint density at radius 2 is 1.75 bits per heavy atom. The normalized spacial score (nSPS) is 26.3. The van der Waals surface area contributed by atoms with Crippen LogP contribution in [-0.2, 0) is 4.79 Å². The molecule has 0 radical (unpaired) electrons. The fourth-order valence-corrected chi connectivity index (χ4v) is 4.33. The number of Topliss-reactive ketones (excluding diaryl/α,β-unsaturated/α-hetero) is 1. The molecule has 1 saturated heterocycles. The Labute approximate surface area is 153 Å². The Balaban J connectivity index is 1.63. The number of benzene rings is 1. The molecule has 1 saturated carbocycles. The molecule has 0 bridgehead atoms. The lowest BCUT2D eigenvalue weighted by Gasteiger charge is -2.33. The third-order valence-corrected chi connectivity index (χ3v) is 6.63. The molecule has 0 aromatic heterocycles. The number of hydrogen-bond acceptors (Lipinski definition) is 2. The number of halogens is 2. The molecule has 1 aromatic carbocycles. The summed E-state index contributed by atoms with van der Waals surface area (Å²) in [6, 6.07) is 5.94. The van der Waals surface area contributed by atoms with Crippen LogP contribution >= 0.6 is 23.2 Å². The molecule has 1 aliphatic heterocycles. The van der Waals surface area contributed by atoms with Crippen molar-refractivity contribution in [2.45, 2.75) is 44.4 Å². The summed E-state index contributed by atoms with van der Waals surface area (Å²) >= 11 is 12.2. The minimum atomic E-state index is -0.935. The lowest BCUT2D eigenvalue weighted by molar-refractivity contribution is -0.137. The highest BCUT2D eigenvalue weighted by molar-refractivity contribution is 6.53. The van der Waals surface area contributed by atoms with Gasteiger partial charge in [-0.1, -0.05) is 23.8 Å². The first-order chi connectivity index (χ1) is 11.2. The third-order valence-electron chi connectivity index (χ3n) is 5.53. The van der Waals surface area contributed by atoms with Crippen LogP contribution in [0.5, 0.6) is 0 Å². The van der Waals surface area contributed by atoms with E-state index in [1.807, 2.05) is 43.9 Å². The molecule has 0 spiro atoms. The summed E-state index contributed by atoms with van der Waals surface area (Å²) in [5, 5.41) is 0. The maximum Gasteiger partial charge on any atom is 0.231 e. The van der Waals surface area contributed by atoms with Gasteiger partial charge >= 0.3 is 0 Å². The molecule has 1 aromatic rings. The number of piperidine rings is 1. The third kappa shape index (κ3) is 2.97. The van der Waals surface area contributed by atoms with Crippen LogP contribution in [0.1, 0.15) is 47.7 Å². The van der Waals surface area contributed by atoms with Gasteiger partial charge in [0.2, 0.25) is 5.91 Å². The number of ketones is 1. The number of hydrogen-bond donors (Lipinski definition) is 0. The SMILES string of the molecule is Cc1ccc(C(=O)C2CCN(C(=O)C3(C)CC3(Cl)Cl)CC2)c(C)c1. The van der Waals surface area contributed by atoms with E-state index in [9.17, 15) is 9.59 Å². The van der Waals surface area contributed by atoms with Crippen LogP contribution in [0.15, 0.2) is 18.2 Å². The van der Waals surface area contributed by atoms with Gasteiger partial charge in [0.15, 0.2) is 5.78 Å². The zero-order valence-corrected chi connectivity index (χ0v) is 15.9. The maximum atomic E-state index is 12.8. The van der Waals surface area contributed by atoms with Crippen LogP contribution in [-0.4, -0.2) is 34.0 Å². The Bertz CT molecular complexity index is 693. The van der Waals surface area contributed by atoms with E-state index in [4.69, 9.17) is 23.2 Å². The molecule has 2 aliphatic rings. The molecule has 3 nitrogen and oxygen atoms in total. The number of nitrogens with zero attached hydrogens (tertiary/aromatic N) is 1. The lowest BCUT2D eigenvalue weighted by atomic mass is 9.86. The Morgan fingerprint density at radius 3 is 2.25 bits per heavy atom. The second-order valence-corrected chi connectivity index (χ2v) is 8.95. The van der Waals surface area contributed by atoms with Crippen molar-refractivity contribution in [1.29, 1.82) is 0 Å². The number of aryl methyl sites for hydroxylation is 2. The molecule has 1 unspecified atom stereocenters. The van der Waals surface area contributed by atoms with Crippen LogP contribution in [0, 0.1) is 25.2 Å². The smallest absolute Gasteiger partial charge is 0.231 e. The zero-order valence-electron chi connectivity index (χ0n) is 14.4. The van der Waals surface area contributed by atoms with E-state index in [2.05, 4.69) is 0 Å². The van der Waals surface area contributed by atoms with Crippen molar-refractivity contribution >= 4 is 34.9 Å². The number of carbonyl (C=O) groups is 2. The van der Waals surface area contributed by atoms with Crippen molar-refractivity contribution in [2.75, 3.05) is 13.1 Å². The number of rotatable bonds is 3. The summed E-state index contributed by atoms with van der Waals surface area (Å²) in [5.74, 6) is 0.199. The van der Waals surface area contributed by atoms with E-state index in [1.165, 1.54) is 0 Å². The average Bonchev–Trinajstić information content (AvgIpc) is 3.06. The molecular formula is C19H23Cl2NO2. The molecular weight excluding hydrogens is 345 g/mol. The van der Waals surface area contributed by atoms with E-state index in [0.29, 0.717) is 32.4 Å². The van der Waals surface area contributed by atoms with Gasteiger partial charge in [-0.25, -0.2) is 0 Å². The summed E-state index contributed by atoms with van der Waals surface area (Å²) in [5.41, 5.74) is 2.33. The first kappa shape index (κ1) is 17.8. The molecule has 130 valence electrons. The highest BCUT2D eigenvalue weighted by Crippen LogP contribution is 2.64. The Kier molecular flexibility index (Phi) is 4.46. The van der Waals surface area contributed by atoms with Crippen LogP contribution in [0.3, 0.4) is 0 Å². The quantitative estimate of drug-likeness (QED) is 0.589. The van der Waals surface area contributed by atoms with Crippen molar-refractivity contribution in [2.24, 2.45) is 11.3 Å². The number of alkyl halides is 2. The summed E-state index contributed by atoms with van der Waals surface area (Å²) in [4.78, 5) is 27.2. The summed E-state index contributed by atoms with van der Waals surface area (Å²) in [6.45, 7) is 7.02. The number of carbonyl (C=O) groups excluding carboxylic acids is 2. The molecule has 1 atom stereocenters. The van der Waals surface area contributed by atoms with E-state index < -0.39 is 9.75 Å². The van der Waals surface area contributed by atoms with Gasteiger partial charge in [-0.05, 0) is 45.6 Å². The van der Waals surface area contributed by atoms with Gasteiger partial charge in [0.05, 0.1) is 5.41 Å². The van der Waals surface area contributed by atoms with Crippen LogP contribution < -0.4 is 0 Å². The largest absolute Gasteiger partial charge is 0.342 e. The fourth-order valence-electron chi connectivity index (χ4n) is 3.64. The minimum Gasteiger partial charge on any atom is -0.342 e. The van der Waals surface area contributed by atoms with E-state index in [0.717, 1.165) is 16.7 Å². The van der Waals surface area contributed by atoms with Crippen molar-refractivity contribution in [1.82, 2.24) is 4.90 Å². The van der Waals surface area contributed by atoms with Crippen LogP contribution in [0.2, 0.25) is 0 Å². The minimum absolute atomic E-state index is 0.0146. The highest BCUT2D eigenvalue weighted by Gasteiger charge is 2.68. The monoisotopic (exact) mass is 367 g/mol. The standard InChI is InChI=1S/C19H23Cl2NO2/c1-12-4-5-15(13(2)10-12)16(23)14-6-8-22(9-7-14)17(24)18(3)11-19(18,20)21/h4-5,10,14H,6-9,11H2,1-3H3. The number of likely N-dealkylation sites (tertiary alicyclic amines) is 1. The van der Waals surface area contributed by atoms with E-state index >= 15 is 0 Å². The summed E-state index contributed by atoms with van der Waals surface area (Å²) in [6.07, 6.45) is 1.90. The van der Waals surface area contributed by atoms with Crippen LogP contribution in [0.25, 0.3) is 0 Å². The van der Waals surface area contributed by atoms with Gasteiger partial charge in [0.25, 0.3) is 0 Å². The predicted molar refractivity (Wildman–Crippen MR) is 96.7 cm³/mol. The second-order valence-electron chi connectivity index (χ2n) is 7.46. The maximum absolute atomic E-state index is 12.8. The average molecular weight is 368 g/mol. The van der Waals surface area contributed by atoms with Gasteiger partial charge in [-0.3, -0.25) is 9.59 Å². The van der Waals surface area contributed by atoms with Gasteiger partial charge in [0, 0.05) is 24.6 Å². The molecule has 24 heavy (non-hydrogen) atoms. The molecule has 3 rings (SSSR count). The fraction of sp³-hybridized carbons (Fsp3) is 0.579. The molecule has 5 heteroatoms. The van der Waals surface area contributed by atoms with Crippen LogP contribution in [0.4, 0.5) is 0 Å². The molecule has 1 aliphatic carbocycles. The summed E-state index contributed by atoms with van der Waals surface area (Å²) in [7, 11) is 0. The molecule has 1 heterocycles. The zero-order chi connectivity index (χ0) is 17.7. The van der Waals surface area contributed by atoms with Gasteiger partial charge < -0.3 is 4.90 Å². The van der Waals surface area contributed by atoms with Crippen molar-refractivity contribution in [3.63, 3.8) is 0 Å². The Hall–Kier alpha value is -1.06.